The molecule has 3 heteroatoms. The van der Waals surface area contributed by atoms with E-state index in [0.29, 0.717) is 0 Å². The molecular weight excluding hydrogens is 366 g/mol. The number of rotatable bonds is 5. The summed E-state index contributed by atoms with van der Waals surface area (Å²) >= 11 is 0. The smallest absolute Gasteiger partial charge is 0.0452 e. The third kappa shape index (κ3) is 3.67. The second kappa shape index (κ2) is 8.36. The maximum Gasteiger partial charge on any atom is 0.0452 e. The van der Waals surface area contributed by atoms with E-state index in [4.69, 9.17) is 0 Å². The van der Waals surface area contributed by atoms with Crippen molar-refractivity contribution >= 4 is 11.4 Å². The van der Waals surface area contributed by atoms with Crippen molar-refractivity contribution in [3.63, 3.8) is 0 Å². The number of nitrogens with zero attached hydrogens (tertiary/aromatic N) is 3. The van der Waals surface area contributed by atoms with Gasteiger partial charge in [0.05, 0.1) is 0 Å². The lowest BCUT2D eigenvalue weighted by Crippen LogP contribution is -2.44. The first-order valence-electron chi connectivity index (χ1n) is 12.1. The fourth-order valence-corrected chi connectivity index (χ4v) is 6.06. The lowest BCUT2D eigenvalue weighted by atomic mass is 9.73. The van der Waals surface area contributed by atoms with Gasteiger partial charge in [0.15, 0.2) is 0 Å². The van der Waals surface area contributed by atoms with E-state index < -0.39 is 0 Å². The van der Waals surface area contributed by atoms with Crippen molar-refractivity contribution in [2.45, 2.75) is 57.4 Å². The lowest BCUT2D eigenvalue weighted by molar-refractivity contribution is 0.126. The highest BCUT2D eigenvalue weighted by molar-refractivity contribution is 5.77. The number of benzene rings is 2. The SMILES string of the molecule is CC1(C)c2ccccc2N(CCCN2CCC(N3CCCC3)CC2)c2ccccc21. The van der Waals surface area contributed by atoms with Crippen molar-refractivity contribution < 1.29 is 0 Å². The largest absolute Gasteiger partial charge is 0.341 e. The van der Waals surface area contributed by atoms with Crippen LogP contribution < -0.4 is 4.90 Å². The Morgan fingerprint density at radius 3 is 1.93 bits per heavy atom. The van der Waals surface area contributed by atoms with Crippen molar-refractivity contribution in [2.75, 3.05) is 44.2 Å². The molecule has 3 nitrogen and oxygen atoms in total. The molecule has 0 aliphatic carbocycles. The predicted molar refractivity (Wildman–Crippen MR) is 127 cm³/mol. The quantitative estimate of drug-likeness (QED) is 0.660. The van der Waals surface area contributed by atoms with Gasteiger partial charge in [-0.15, -0.1) is 0 Å². The Balaban J connectivity index is 1.24. The van der Waals surface area contributed by atoms with Crippen LogP contribution in [0.5, 0.6) is 0 Å². The van der Waals surface area contributed by atoms with Crippen molar-refractivity contribution in [3.05, 3.63) is 59.7 Å². The first-order valence-corrected chi connectivity index (χ1v) is 12.1. The molecule has 0 saturated carbocycles. The molecule has 3 aliphatic heterocycles. The van der Waals surface area contributed by atoms with Gasteiger partial charge in [0.1, 0.15) is 0 Å². The van der Waals surface area contributed by atoms with Gasteiger partial charge in [-0.05, 0) is 88.1 Å². The summed E-state index contributed by atoms with van der Waals surface area (Å²) in [6, 6.07) is 18.9. The maximum atomic E-state index is 2.75. The van der Waals surface area contributed by atoms with E-state index in [2.05, 4.69) is 77.1 Å². The molecule has 0 spiro atoms. The van der Waals surface area contributed by atoms with Crippen LogP contribution in [0.25, 0.3) is 0 Å². The molecule has 2 aromatic carbocycles. The minimum Gasteiger partial charge on any atom is -0.341 e. The molecule has 0 N–H and O–H groups in total. The Morgan fingerprint density at radius 2 is 1.33 bits per heavy atom. The first kappa shape index (κ1) is 20.1. The van der Waals surface area contributed by atoms with Gasteiger partial charge < -0.3 is 14.7 Å². The third-order valence-corrected chi connectivity index (χ3v) is 7.81. The van der Waals surface area contributed by atoms with Crippen LogP contribution in [0.1, 0.15) is 57.1 Å². The summed E-state index contributed by atoms with van der Waals surface area (Å²) < 4.78 is 0. The minimum absolute atomic E-state index is 0.0567. The number of likely N-dealkylation sites (tertiary alicyclic amines) is 2. The zero-order valence-electron chi connectivity index (χ0n) is 18.8. The number of piperidine rings is 1. The minimum atomic E-state index is 0.0567. The molecule has 0 amide bonds. The summed E-state index contributed by atoms with van der Waals surface area (Å²) in [5, 5.41) is 0. The van der Waals surface area contributed by atoms with Gasteiger partial charge in [-0.2, -0.15) is 0 Å². The van der Waals surface area contributed by atoms with E-state index >= 15 is 0 Å². The molecule has 3 aliphatic rings. The zero-order valence-corrected chi connectivity index (χ0v) is 18.8. The second-order valence-electron chi connectivity index (χ2n) is 9.98. The average molecular weight is 404 g/mol. The standard InChI is InChI=1S/C27H37N3/c1-27(2)23-10-3-5-12-25(23)30(26-13-6-4-11-24(26)27)19-9-16-28-20-14-22(15-21-28)29-17-7-8-18-29/h3-6,10-13,22H,7-9,14-21H2,1-2H3. The molecule has 2 fully saturated rings. The normalized spacial score (nSPS) is 22.1. The van der Waals surface area contributed by atoms with Gasteiger partial charge in [-0.25, -0.2) is 0 Å². The molecule has 0 atom stereocenters. The van der Waals surface area contributed by atoms with E-state index in [1.54, 1.807) is 0 Å². The van der Waals surface area contributed by atoms with Crippen LogP contribution in [0.3, 0.4) is 0 Å². The lowest BCUT2D eigenvalue weighted by Gasteiger charge is -2.42. The molecule has 0 radical (unpaired) electrons. The molecule has 0 aromatic heterocycles. The molecule has 3 heterocycles. The highest BCUT2D eigenvalue weighted by Crippen LogP contribution is 2.48. The van der Waals surface area contributed by atoms with E-state index in [1.165, 1.54) is 87.3 Å². The van der Waals surface area contributed by atoms with Crippen molar-refractivity contribution in [1.82, 2.24) is 9.80 Å². The predicted octanol–water partition coefficient (Wildman–Crippen LogP) is 5.41. The van der Waals surface area contributed by atoms with Crippen LogP contribution >= 0.6 is 0 Å². The summed E-state index contributed by atoms with van der Waals surface area (Å²) in [6.07, 6.45) is 6.77. The highest BCUT2D eigenvalue weighted by atomic mass is 15.2. The topological polar surface area (TPSA) is 9.72 Å². The van der Waals surface area contributed by atoms with Crippen molar-refractivity contribution in [3.8, 4) is 0 Å². The fourth-order valence-electron chi connectivity index (χ4n) is 6.06. The molecule has 0 bridgehead atoms. The monoisotopic (exact) mass is 403 g/mol. The summed E-state index contributed by atoms with van der Waals surface area (Å²) in [5.41, 5.74) is 5.76. The molecular formula is C27H37N3. The number of fused-ring (bicyclic) bond motifs is 2. The van der Waals surface area contributed by atoms with Gasteiger partial charge in [0.2, 0.25) is 0 Å². The molecule has 5 rings (SSSR count). The number of anilines is 2. The van der Waals surface area contributed by atoms with Gasteiger partial charge in [0, 0.05) is 29.4 Å². The number of para-hydroxylation sites is 2. The second-order valence-corrected chi connectivity index (χ2v) is 9.98. The molecule has 2 aromatic rings. The van der Waals surface area contributed by atoms with Gasteiger partial charge in [-0.3, -0.25) is 0 Å². The van der Waals surface area contributed by atoms with E-state index in [1.807, 2.05) is 0 Å². The summed E-state index contributed by atoms with van der Waals surface area (Å²) in [7, 11) is 0. The van der Waals surface area contributed by atoms with Gasteiger partial charge >= 0.3 is 0 Å². The summed E-state index contributed by atoms with van der Waals surface area (Å²) in [6.45, 7) is 12.3. The number of hydrogen-bond acceptors (Lipinski definition) is 3. The van der Waals surface area contributed by atoms with E-state index in [9.17, 15) is 0 Å². The molecule has 0 unspecified atom stereocenters. The van der Waals surface area contributed by atoms with Crippen molar-refractivity contribution in [1.29, 1.82) is 0 Å². The molecule has 2 saturated heterocycles. The fraction of sp³-hybridized carbons (Fsp3) is 0.556. The van der Waals surface area contributed by atoms with Crippen molar-refractivity contribution in [2.24, 2.45) is 0 Å². The summed E-state index contributed by atoms with van der Waals surface area (Å²) in [5.74, 6) is 0. The Morgan fingerprint density at radius 1 is 0.767 bits per heavy atom. The Hall–Kier alpha value is -1.84. The Bertz CT molecular complexity index is 810. The molecule has 160 valence electrons. The van der Waals surface area contributed by atoms with Crippen LogP contribution in [-0.2, 0) is 5.41 Å². The van der Waals surface area contributed by atoms with Crippen LogP contribution in [0.2, 0.25) is 0 Å². The average Bonchev–Trinajstić information content (AvgIpc) is 3.32. The van der Waals surface area contributed by atoms with Crippen LogP contribution in [-0.4, -0.2) is 55.1 Å². The van der Waals surface area contributed by atoms with Crippen LogP contribution in [0.4, 0.5) is 11.4 Å². The third-order valence-electron chi connectivity index (χ3n) is 7.81. The Labute approximate surface area is 182 Å². The Kier molecular flexibility index (Phi) is 5.59. The molecule has 30 heavy (non-hydrogen) atoms. The maximum absolute atomic E-state index is 2.75. The van der Waals surface area contributed by atoms with E-state index in [-0.39, 0.29) is 5.41 Å². The first-order chi connectivity index (χ1) is 14.6. The summed E-state index contributed by atoms with van der Waals surface area (Å²) in [4.78, 5) is 8.03. The van der Waals surface area contributed by atoms with Crippen LogP contribution in [0, 0.1) is 0 Å². The van der Waals surface area contributed by atoms with Gasteiger partial charge in [-0.1, -0.05) is 50.2 Å². The number of hydrogen-bond donors (Lipinski definition) is 0. The van der Waals surface area contributed by atoms with E-state index in [0.717, 1.165) is 12.6 Å². The highest BCUT2D eigenvalue weighted by Gasteiger charge is 2.35. The zero-order chi connectivity index (χ0) is 20.6. The van der Waals surface area contributed by atoms with Gasteiger partial charge in [0.25, 0.3) is 0 Å². The van der Waals surface area contributed by atoms with Crippen LogP contribution in [0.15, 0.2) is 48.5 Å².